The van der Waals surface area contributed by atoms with Gasteiger partial charge in [0.2, 0.25) is 0 Å². The molecule has 2 nitrogen and oxygen atoms in total. The first kappa shape index (κ1) is 7.95. The summed E-state index contributed by atoms with van der Waals surface area (Å²) < 4.78 is 12.8. The van der Waals surface area contributed by atoms with Gasteiger partial charge in [0.05, 0.1) is 6.10 Å². The number of hydrogen-bond acceptors (Lipinski definition) is 2. The second-order valence-electron chi connectivity index (χ2n) is 3.13. The molecule has 1 fully saturated rings. The number of aliphatic hydroxyl groups excluding tert-OH is 1. The van der Waals surface area contributed by atoms with Crippen molar-refractivity contribution in [1.82, 2.24) is 5.32 Å². The van der Waals surface area contributed by atoms with Gasteiger partial charge in [-0.15, -0.1) is 0 Å². The zero-order chi connectivity index (χ0) is 7.61. The van der Waals surface area contributed by atoms with E-state index >= 15 is 0 Å². The van der Waals surface area contributed by atoms with Gasteiger partial charge in [-0.3, -0.25) is 0 Å². The van der Waals surface area contributed by atoms with Crippen molar-refractivity contribution in [3.8, 4) is 0 Å². The summed E-state index contributed by atoms with van der Waals surface area (Å²) >= 11 is 0. The standard InChI is InChI=1S/C7H14FNO/c1-6(10)4-9-5-7(8)2-3-7/h6,9-10H,2-5H2,1H3. The van der Waals surface area contributed by atoms with Crippen LogP contribution in [-0.4, -0.2) is 30.0 Å². The third kappa shape index (κ3) is 2.62. The third-order valence-corrected chi connectivity index (χ3v) is 1.67. The first-order valence-corrected chi connectivity index (χ1v) is 3.70. The molecule has 0 spiro atoms. The van der Waals surface area contributed by atoms with Crippen LogP contribution in [0.25, 0.3) is 0 Å². The van der Waals surface area contributed by atoms with Crippen molar-refractivity contribution in [1.29, 1.82) is 0 Å². The van der Waals surface area contributed by atoms with Crippen LogP contribution in [0.2, 0.25) is 0 Å². The number of halogens is 1. The molecule has 0 radical (unpaired) electrons. The average Bonchev–Trinajstić information content (AvgIpc) is 2.47. The van der Waals surface area contributed by atoms with Crippen molar-refractivity contribution in [3.05, 3.63) is 0 Å². The van der Waals surface area contributed by atoms with Crippen molar-refractivity contribution in [2.24, 2.45) is 0 Å². The largest absolute Gasteiger partial charge is 0.392 e. The quantitative estimate of drug-likeness (QED) is 0.605. The fourth-order valence-corrected chi connectivity index (χ4v) is 0.817. The Labute approximate surface area is 60.4 Å². The Bertz CT molecular complexity index is 112. The van der Waals surface area contributed by atoms with E-state index in [1.54, 1.807) is 6.92 Å². The Hall–Kier alpha value is -0.150. The summed E-state index contributed by atoms with van der Waals surface area (Å²) in [6.07, 6.45) is 0.988. The molecule has 0 aromatic rings. The number of rotatable bonds is 4. The molecule has 60 valence electrons. The van der Waals surface area contributed by atoms with E-state index in [2.05, 4.69) is 5.32 Å². The Morgan fingerprint density at radius 3 is 2.70 bits per heavy atom. The van der Waals surface area contributed by atoms with Gasteiger partial charge in [0.15, 0.2) is 0 Å². The van der Waals surface area contributed by atoms with Crippen LogP contribution in [0.4, 0.5) is 4.39 Å². The molecule has 1 aliphatic rings. The number of nitrogens with one attached hydrogen (secondary N) is 1. The molecule has 1 saturated carbocycles. The minimum atomic E-state index is -0.936. The maximum Gasteiger partial charge on any atom is 0.123 e. The molecule has 1 rings (SSSR count). The van der Waals surface area contributed by atoms with E-state index in [1.807, 2.05) is 0 Å². The van der Waals surface area contributed by atoms with Gasteiger partial charge in [0, 0.05) is 13.1 Å². The molecule has 0 heterocycles. The van der Waals surface area contributed by atoms with Gasteiger partial charge in [-0.05, 0) is 19.8 Å². The lowest BCUT2D eigenvalue weighted by Crippen LogP contribution is -2.31. The van der Waals surface area contributed by atoms with E-state index in [9.17, 15) is 4.39 Å². The van der Waals surface area contributed by atoms with E-state index < -0.39 is 5.67 Å². The minimum absolute atomic E-state index is 0.373. The van der Waals surface area contributed by atoms with Crippen LogP contribution < -0.4 is 5.32 Å². The normalized spacial score (nSPS) is 24.3. The Balaban J connectivity index is 1.95. The van der Waals surface area contributed by atoms with Crippen LogP contribution in [-0.2, 0) is 0 Å². The van der Waals surface area contributed by atoms with Crippen LogP contribution in [0.1, 0.15) is 19.8 Å². The third-order valence-electron chi connectivity index (χ3n) is 1.67. The van der Waals surface area contributed by atoms with Crippen LogP contribution in [0.3, 0.4) is 0 Å². The molecule has 2 N–H and O–H groups in total. The highest BCUT2D eigenvalue weighted by atomic mass is 19.1. The van der Waals surface area contributed by atoms with Gasteiger partial charge in [-0.2, -0.15) is 0 Å². The molecule has 10 heavy (non-hydrogen) atoms. The highest BCUT2D eigenvalue weighted by molar-refractivity contribution is 4.95. The van der Waals surface area contributed by atoms with E-state index in [0.29, 0.717) is 25.9 Å². The van der Waals surface area contributed by atoms with Crippen LogP contribution in [0.15, 0.2) is 0 Å². The Morgan fingerprint density at radius 2 is 2.30 bits per heavy atom. The van der Waals surface area contributed by atoms with Crippen molar-refractivity contribution in [3.63, 3.8) is 0 Å². The van der Waals surface area contributed by atoms with Gasteiger partial charge in [-0.1, -0.05) is 0 Å². The lowest BCUT2D eigenvalue weighted by atomic mass is 10.3. The lowest BCUT2D eigenvalue weighted by Gasteiger charge is -2.08. The zero-order valence-corrected chi connectivity index (χ0v) is 6.23. The topological polar surface area (TPSA) is 32.3 Å². The number of hydrogen-bond donors (Lipinski definition) is 2. The molecule has 1 atom stereocenters. The number of alkyl halides is 1. The van der Waals surface area contributed by atoms with Gasteiger partial charge in [0.1, 0.15) is 5.67 Å². The van der Waals surface area contributed by atoms with Crippen molar-refractivity contribution >= 4 is 0 Å². The predicted molar refractivity (Wildman–Crippen MR) is 37.6 cm³/mol. The molecule has 0 amide bonds. The highest BCUT2D eigenvalue weighted by Gasteiger charge is 2.42. The molecule has 1 aliphatic carbocycles. The van der Waals surface area contributed by atoms with Gasteiger partial charge in [-0.25, -0.2) is 4.39 Å². The summed E-state index contributed by atoms with van der Waals surface area (Å²) in [6, 6.07) is 0. The van der Waals surface area contributed by atoms with Crippen molar-refractivity contribution < 1.29 is 9.50 Å². The summed E-state index contributed by atoms with van der Waals surface area (Å²) in [5, 5.41) is 11.6. The fraction of sp³-hybridized carbons (Fsp3) is 1.00. The predicted octanol–water partition coefficient (Wildman–Crippen LogP) is 0.459. The fourth-order valence-electron chi connectivity index (χ4n) is 0.817. The Kier molecular flexibility index (Phi) is 2.26. The first-order chi connectivity index (χ1) is 4.62. The SMILES string of the molecule is CC(O)CNCC1(F)CC1. The minimum Gasteiger partial charge on any atom is -0.392 e. The molecular weight excluding hydrogens is 133 g/mol. The monoisotopic (exact) mass is 147 g/mol. The van der Waals surface area contributed by atoms with E-state index in [4.69, 9.17) is 5.11 Å². The van der Waals surface area contributed by atoms with Crippen LogP contribution in [0, 0.1) is 0 Å². The molecule has 1 unspecified atom stereocenters. The summed E-state index contributed by atoms with van der Waals surface area (Å²) in [6.45, 7) is 2.58. The molecule has 0 aliphatic heterocycles. The van der Waals surface area contributed by atoms with E-state index in [1.165, 1.54) is 0 Å². The first-order valence-electron chi connectivity index (χ1n) is 3.70. The average molecular weight is 147 g/mol. The summed E-state index contributed by atoms with van der Waals surface area (Å²) in [4.78, 5) is 0. The maximum atomic E-state index is 12.8. The van der Waals surface area contributed by atoms with E-state index in [0.717, 1.165) is 0 Å². The molecule has 3 heteroatoms. The maximum absolute atomic E-state index is 12.8. The molecule has 0 aromatic carbocycles. The second kappa shape index (κ2) is 2.84. The van der Waals surface area contributed by atoms with Gasteiger partial charge in [0.25, 0.3) is 0 Å². The number of aliphatic hydroxyl groups is 1. The zero-order valence-electron chi connectivity index (χ0n) is 6.23. The van der Waals surface area contributed by atoms with Crippen molar-refractivity contribution in [2.75, 3.05) is 13.1 Å². The summed E-state index contributed by atoms with van der Waals surface area (Å²) in [5.41, 5.74) is -0.936. The molecule has 0 saturated heterocycles. The summed E-state index contributed by atoms with van der Waals surface area (Å²) in [5.74, 6) is 0. The lowest BCUT2D eigenvalue weighted by molar-refractivity contribution is 0.184. The highest BCUT2D eigenvalue weighted by Crippen LogP contribution is 2.38. The molecule has 0 bridgehead atoms. The second-order valence-corrected chi connectivity index (χ2v) is 3.13. The van der Waals surface area contributed by atoms with Crippen LogP contribution >= 0.6 is 0 Å². The van der Waals surface area contributed by atoms with E-state index in [-0.39, 0.29) is 6.10 Å². The summed E-state index contributed by atoms with van der Waals surface area (Å²) in [7, 11) is 0. The van der Waals surface area contributed by atoms with Gasteiger partial charge < -0.3 is 10.4 Å². The Morgan fingerprint density at radius 1 is 1.70 bits per heavy atom. The molecule has 0 aromatic heterocycles. The molecular formula is C7H14FNO. The smallest absolute Gasteiger partial charge is 0.123 e. The van der Waals surface area contributed by atoms with Gasteiger partial charge >= 0.3 is 0 Å². The van der Waals surface area contributed by atoms with Crippen molar-refractivity contribution in [2.45, 2.75) is 31.5 Å². The van der Waals surface area contributed by atoms with Crippen LogP contribution in [0.5, 0.6) is 0 Å².